The van der Waals surface area contributed by atoms with E-state index in [0.717, 1.165) is 44.7 Å². The Hall–Kier alpha value is -0.570. The van der Waals surface area contributed by atoms with Gasteiger partial charge in [-0.1, -0.05) is 19.3 Å². The zero-order valence-electron chi connectivity index (χ0n) is 16.0. The number of rotatable bonds is 5. The summed E-state index contributed by atoms with van der Waals surface area (Å²) in [4.78, 5) is 18.8. The molecular formula is C18H36IN5O. The van der Waals surface area contributed by atoms with Crippen molar-refractivity contribution < 1.29 is 4.79 Å². The highest BCUT2D eigenvalue weighted by atomic mass is 127. The molecule has 1 saturated heterocycles. The number of likely N-dealkylation sites (tertiary alicyclic amines) is 1. The van der Waals surface area contributed by atoms with Crippen LogP contribution in [0.25, 0.3) is 0 Å². The summed E-state index contributed by atoms with van der Waals surface area (Å²) in [5.41, 5.74) is 0. The fraction of sp³-hybridized carbons (Fsp3) is 0.889. The summed E-state index contributed by atoms with van der Waals surface area (Å²) in [5.74, 6) is 0.802. The van der Waals surface area contributed by atoms with Crippen LogP contribution in [0.15, 0.2) is 4.99 Å². The van der Waals surface area contributed by atoms with Gasteiger partial charge in [0.2, 0.25) is 5.91 Å². The first kappa shape index (κ1) is 22.5. The Morgan fingerprint density at radius 3 is 2.20 bits per heavy atom. The molecule has 0 unspecified atom stereocenters. The number of hydrogen-bond acceptors (Lipinski definition) is 3. The molecule has 0 radical (unpaired) electrons. The molecule has 1 heterocycles. The summed E-state index contributed by atoms with van der Waals surface area (Å²) in [7, 11) is 1.76. The van der Waals surface area contributed by atoms with Crippen LogP contribution in [0.1, 0.15) is 58.8 Å². The largest absolute Gasteiger partial charge is 0.354 e. The molecule has 0 atom stereocenters. The van der Waals surface area contributed by atoms with Crippen LogP contribution >= 0.6 is 24.0 Å². The molecule has 3 N–H and O–H groups in total. The monoisotopic (exact) mass is 465 g/mol. The van der Waals surface area contributed by atoms with E-state index < -0.39 is 0 Å². The first-order chi connectivity index (χ1) is 11.6. The van der Waals surface area contributed by atoms with Gasteiger partial charge in [-0.15, -0.1) is 24.0 Å². The van der Waals surface area contributed by atoms with Crippen molar-refractivity contribution in [1.82, 2.24) is 20.9 Å². The van der Waals surface area contributed by atoms with Crippen molar-refractivity contribution in [2.45, 2.75) is 76.9 Å². The van der Waals surface area contributed by atoms with Crippen molar-refractivity contribution in [2.24, 2.45) is 4.99 Å². The van der Waals surface area contributed by atoms with E-state index in [2.05, 4.69) is 39.7 Å². The molecule has 1 amide bonds. The number of carbonyl (C=O) groups excluding carboxylic acids is 1. The van der Waals surface area contributed by atoms with Gasteiger partial charge in [-0.2, -0.15) is 0 Å². The summed E-state index contributed by atoms with van der Waals surface area (Å²) in [6.07, 6.45) is 8.24. The molecule has 6 nitrogen and oxygen atoms in total. The van der Waals surface area contributed by atoms with Crippen LogP contribution in [0, 0.1) is 0 Å². The minimum atomic E-state index is 0. The fourth-order valence-corrected chi connectivity index (χ4v) is 3.64. The van der Waals surface area contributed by atoms with Crippen molar-refractivity contribution in [2.75, 3.05) is 26.7 Å². The van der Waals surface area contributed by atoms with Crippen LogP contribution in [-0.2, 0) is 4.79 Å². The molecular weight excluding hydrogens is 429 g/mol. The number of piperidine rings is 1. The van der Waals surface area contributed by atoms with Gasteiger partial charge in [0, 0.05) is 38.3 Å². The molecule has 1 saturated carbocycles. The number of halogens is 1. The average Bonchev–Trinajstić information content (AvgIpc) is 2.60. The van der Waals surface area contributed by atoms with Gasteiger partial charge in [-0.25, -0.2) is 0 Å². The van der Waals surface area contributed by atoms with E-state index in [1.165, 1.54) is 19.3 Å². The summed E-state index contributed by atoms with van der Waals surface area (Å²) < 4.78 is 0. The van der Waals surface area contributed by atoms with E-state index in [9.17, 15) is 4.79 Å². The topological polar surface area (TPSA) is 68.8 Å². The van der Waals surface area contributed by atoms with E-state index in [1.54, 1.807) is 7.05 Å². The van der Waals surface area contributed by atoms with Gasteiger partial charge in [-0.3, -0.25) is 9.79 Å². The van der Waals surface area contributed by atoms with E-state index in [1.807, 2.05) is 0 Å². The molecule has 0 spiro atoms. The maximum absolute atomic E-state index is 12.1. The number of amides is 1. The lowest BCUT2D eigenvalue weighted by Crippen LogP contribution is -2.51. The lowest BCUT2D eigenvalue weighted by molar-refractivity contribution is -0.120. The standard InChI is InChI=1S/C18H35N5O.HI/c1-14(2)23-11-9-16(10-12-23)22-18(19-3)20-13-17(24)21-15-7-5-4-6-8-15;/h14-16H,4-13H2,1-3H3,(H,21,24)(H2,19,20,22);1H. The van der Waals surface area contributed by atoms with Crippen molar-refractivity contribution in [3.63, 3.8) is 0 Å². The Balaban J connectivity index is 0.00000312. The number of hydrogen-bond donors (Lipinski definition) is 3. The Kier molecular flexibility index (Phi) is 10.7. The maximum Gasteiger partial charge on any atom is 0.239 e. The SMILES string of the molecule is CN=C(NCC(=O)NC1CCCCC1)NC1CCN(C(C)C)CC1.I. The highest BCUT2D eigenvalue weighted by Gasteiger charge is 2.21. The second-order valence-electron chi connectivity index (χ2n) is 7.38. The first-order valence-electron chi connectivity index (χ1n) is 9.59. The van der Waals surface area contributed by atoms with Crippen LogP contribution in [0.4, 0.5) is 0 Å². The smallest absolute Gasteiger partial charge is 0.239 e. The third-order valence-corrected chi connectivity index (χ3v) is 5.21. The number of nitrogens with zero attached hydrogens (tertiary/aromatic N) is 2. The van der Waals surface area contributed by atoms with Gasteiger partial charge < -0.3 is 20.9 Å². The summed E-state index contributed by atoms with van der Waals surface area (Å²) in [6, 6.07) is 1.42. The molecule has 2 fully saturated rings. The molecule has 0 aromatic carbocycles. The Morgan fingerprint density at radius 2 is 1.64 bits per heavy atom. The van der Waals surface area contributed by atoms with Crippen molar-refractivity contribution >= 4 is 35.8 Å². The lowest BCUT2D eigenvalue weighted by Gasteiger charge is -2.35. The molecule has 146 valence electrons. The molecule has 25 heavy (non-hydrogen) atoms. The van der Waals surface area contributed by atoms with Gasteiger partial charge in [0.1, 0.15) is 0 Å². The van der Waals surface area contributed by atoms with E-state index >= 15 is 0 Å². The average molecular weight is 465 g/mol. The molecule has 2 aliphatic rings. The molecule has 0 bridgehead atoms. The van der Waals surface area contributed by atoms with Crippen LogP contribution < -0.4 is 16.0 Å². The number of nitrogens with one attached hydrogen (secondary N) is 3. The third-order valence-electron chi connectivity index (χ3n) is 5.21. The van der Waals surface area contributed by atoms with Crippen LogP contribution in [0.5, 0.6) is 0 Å². The first-order valence-corrected chi connectivity index (χ1v) is 9.59. The highest BCUT2D eigenvalue weighted by Crippen LogP contribution is 2.17. The zero-order chi connectivity index (χ0) is 17.4. The molecule has 0 aromatic rings. The Labute approximate surface area is 170 Å². The molecule has 1 aliphatic carbocycles. The van der Waals surface area contributed by atoms with Gasteiger partial charge in [-0.05, 0) is 39.5 Å². The third kappa shape index (κ3) is 8.11. The van der Waals surface area contributed by atoms with Crippen LogP contribution in [0.2, 0.25) is 0 Å². The molecule has 2 rings (SSSR count). The minimum absolute atomic E-state index is 0. The number of aliphatic imine (C=N–C) groups is 1. The fourth-order valence-electron chi connectivity index (χ4n) is 3.64. The molecule has 7 heteroatoms. The highest BCUT2D eigenvalue weighted by molar-refractivity contribution is 14.0. The van der Waals surface area contributed by atoms with E-state index in [0.29, 0.717) is 24.7 Å². The summed E-state index contributed by atoms with van der Waals surface area (Å²) in [5, 5.41) is 9.74. The van der Waals surface area contributed by atoms with Crippen LogP contribution in [0.3, 0.4) is 0 Å². The van der Waals surface area contributed by atoms with Crippen molar-refractivity contribution in [3.8, 4) is 0 Å². The van der Waals surface area contributed by atoms with Gasteiger partial charge in [0.25, 0.3) is 0 Å². The zero-order valence-corrected chi connectivity index (χ0v) is 18.3. The van der Waals surface area contributed by atoms with Gasteiger partial charge in [0.15, 0.2) is 5.96 Å². The second kappa shape index (κ2) is 11.9. The quantitative estimate of drug-likeness (QED) is 0.331. The van der Waals surface area contributed by atoms with Gasteiger partial charge >= 0.3 is 0 Å². The van der Waals surface area contributed by atoms with E-state index in [-0.39, 0.29) is 29.9 Å². The molecule has 1 aliphatic heterocycles. The minimum Gasteiger partial charge on any atom is -0.354 e. The maximum atomic E-state index is 12.1. The predicted octanol–water partition coefficient (Wildman–Crippen LogP) is 2.09. The Bertz CT molecular complexity index is 416. The van der Waals surface area contributed by atoms with Crippen molar-refractivity contribution in [3.05, 3.63) is 0 Å². The molecule has 0 aromatic heterocycles. The summed E-state index contributed by atoms with van der Waals surface area (Å²) in [6.45, 7) is 7.03. The van der Waals surface area contributed by atoms with Crippen molar-refractivity contribution in [1.29, 1.82) is 0 Å². The lowest BCUT2D eigenvalue weighted by atomic mass is 9.95. The Morgan fingerprint density at radius 1 is 1.04 bits per heavy atom. The number of guanidine groups is 1. The van der Waals surface area contributed by atoms with E-state index in [4.69, 9.17) is 0 Å². The van der Waals surface area contributed by atoms with Crippen LogP contribution in [-0.4, -0.2) is 61.6 Å². The summed E-state index contributed by atoms with van der Waals surface area (Å²) >= 11 is 0. The number of carbonyl (C=O) groups is 1. The second-order valence-corrected chi connectivity index (χ2v) is 7.38. The normalized spacial score (nSPS) is 20.9. The predicted molar refractivity (Wildman–Crippen MR) is 115 cm³/mol. The van der Waals surface area contributed by atoms with Gasteiger partial charge in [0.05, 0.1) is 6.54 Å².